The molecule has 0 saturated heterocycles. The second-order valence-electron chi connectivity index (χ2n) is 6.81. The molecular weight excluding hydrogens is 334 g/mol. The minimum Gasteiger partial charge on any atom is -0.312 e. The molecule has 1 aliphatic rings. The molecule has 0 bridgehead atoms. The molecular formula is C19H21N3O2S. The zero-order valence-electron chi connectivity index (χ0n) is 14.4. The van der Waals surface area contributed by atoms with Gasteiger partial charge in [-0.2, -0.15) is 0 Å². The number of hydrogen-bond acceptors (Lipinski definition) is 3. The van der Waals surface area contributed by atoms with E-state index in [4.69, 9.17) is 5.14 Å². The molecule has 3 aromatic rings. The van der Waals surface area contributed by atoms with Crippen molar-refractivity contribution in [1.82, 2.24) is 9.47 Å². The predicted molar refractivity (Wildman–Crippen MR) is 99.4 cm³/mol. The number of hydrogen-bond donors (Lipinski definition) is 1. The van der Waals surface area contributed by atoms with Crippen LogP contribution in [0.1, 0.15) is 16.8 Å². The zero-order chi connectivity index (χ0) is 17.8. The molecule has 0 aliphatic carbocycles. The lowest BCUT2D eigenvalue weighted by atomic mass is 10.0. The highest BCUT2D eigenvalue weighted by Gasteiger charge is 2.23. The number of likely N-dealkylation sites (N-methyl/N-ethyl adjacent to an activating group) is 1. The first-order chi connectivity index (χ1) is 11.8. The van der Waals surface area contributed by atoms with Crippen molar-refractivity contribution in [2.75, 3.05) is 13.6 Å². The van der Waals surface area contributed by atoms with Gasteiger partial charge in [0.1, 0.15) is 0 Å². The lowest BCUT2D eigenvalue weighted by molar-refractivity contribution is 0.307. The van der Waals surface area contributed by atoms with E-state index in [-0.39, 0.29) is 4.90 Å². The van der Waals surface area contributed by atoms with Gasteiger partial charge in [-0.1, -0.05) is 11.6 Å². The number of sulfonamides is 1. The van der Waals surface area contributed by atoms with Crippen LogP contribution < -0.4 is 5.14 Å². The minimum absolute atomic E-state index is 0.134. The van der Waals surface area contributed by atoms with Gasteiger partial charge in [0, 0.05) is 29.9 Å². The molecule has 2 aromatic carbocycles. The van der Waals surface area contributed by atoms with E-state index in [1.165, 1.54) is 22.2 Å². The molecule has 0 fully saturated rings. The Balaban J connectivity index is 1.96. The van der Waals surface area contributed by atoms with Crippen molar-refractivity contribution in [3.05, 3.63) is 59.3 Å². The van der Waals surface area contributed by atoms with Crippen molar-refractivity contribution < 1.29 is 8.42 Å². The number of rotatable bonds is 2. The molecule has 4 rings (SSSR count). The highest BCUT2D eigenvalue weighted by Crippen LogP contribution is 2.33. The number of aryl methyl sites for hydroxylation is 1. The summed E-state index contributed by atoms with van der Waals surface area (Å²) in [5, 5.41) is 6.51. The summed E-state index contributed by atoms with van der Waals surface area (Å²) in [6.45, 7) is 4.03. The number of aromatic nitrogens is 1. The fraction of sp³-hybridized carbons (Fsp3) is 0.263. The fourth-order valence-electron chi connectivity index (χ4n) is 3.68. The molecule has 25 heavy (non-hydrogen) atoms. The Kier molecular flexibility index (Phi) is 3.72. The molecule has 2 heterocycles. The Morgan fingerprint density at radius 3 is 2.48 bits per heavy atom. The van der Waals surface area contributed by atoms with Crippen molar-refractivity contribution in [1.29, 1.82) is 0 Å². The minimum atomic E-state index is -3.68. The van der Waals surface area contributed by atoms with Crippen LogP contribution in [0.2, 0.25) is 0 Å². The molecule has 1 aromatic heterocycles. The van der Waals surface area contributed by atoms with E-state index in [0.717, 1.165) is 30.7 Å². The normalized spacial score (nSPS) is 15.5. The maximum absolute atomic E-state index is 11.5. The van der Waals surface area contributed by atoms with Crippen molar-refractivity contribution in [3.8, 4) is 5.69 Å². The van der Waals surface area contributed by atoms with Gasteiger partial charge < -0.3 is 9.47 Å². The summed E-state index contributed by atoms with van der Waals surface area (Å²) < 4.78 is 25.3. The number of benzene rings is 2. The van der Waals surface area contributed by atoms with Crippen LogP contribution in [0, 0.1) is 6.92 Å². The van der Waals surface area contributed by atoms with Crippen LogP contribution in [0.4, 0.5) is 0 Å². The molecule has 0 spiro atoms. The van der Waals surface area contributed by atoms with Crippen molar-refractivity contribution in [2.24, 2.45) is 5.14 Å². The van der Waals surface area contributed by atoms with Gasteiger partial charge in [0.05, 0.1) is 10.4 Å². The molecule has 0 atom stereocenters. The first kappa shape index (κ1) is 16.3. The summed E-state index contributed by atoms with van der Waals surface area (Å²) in [6, 6.07) is 13.3. The third-order valence-corrected chi connectivity index (χ3v) is 5.85. The summed E-state index contributed by atoms with van der Waals surface area (Å²) in [5.74, 6) is 0. The van der Waals surface area contributed by atoms with E-state index in [1.54, 1.807) is 12.1 Å². The average Bonchev–Trinajstić information content (AvgIpc) is 2.86. The molecule has 6 heteroatoms. The number of nitrogens with two attached hydrogens (primary N) is 1. The lowest BCUT2D eigenvalue weighted by Crippen LogP contribution is -2.27. The highest BCUT2D eigenvalue weighted by atomic mass is 32.2. The highest BCUT2D eigenvalue weighted by molar-refractivity contribution is 7.89. The number of fused-ring (bicyclic) bond motifs is 3. The number of primary sulfonamides is 1. The van der Waals surface area contributed by atoms with E-state index >= 15 is 0 Å². The van der Waals surface area contributed by atoms with Gasteiger partial charge in [0.2, 0.25) is 10.0 Å². The fourth-order valence-corrected chi connectivity index (χ4v) is 4.20. The maximum Gasteiger partial charge on any atom is 0.238 e. The Bertz CT molecular complexity index is 1070. The van der Waals surface area contributed by atoms with E-state index in [0.29, 0.717) is 0 Å². The average molecular weight is 355 g/mol. The second-order valence-corrected chi connectivity index (χ2v) is 8.37. The summed E-state index contributed by atoms with van der Waals surface area (Å²) >= 11 is 0. The lowest BCUT2D eigenvalue weighted by Gasteiger charge is -2.24. The second kappa shape index (κ2) is 5.69. The first-order valence-corrected chi connectivity index (χ1v) is 9.84. The van der Waals surface area contributed by atoms with Crippen LogP contribution in [0.3, 0.4) is 0 Å². The van der Waals surface area contributed by atoms with Crippen molar-refractivity contribution in [2.45, 2.75) is 24.8 Å². The quantitative estimate of drug-likeness (QED) is 0.768. The van der Waals surface area contributed by atoms with Gasteiger partial charge in [0.25, 0.3) is 0 Å². The Labute approximate surface area is 147 Å². The SMILES string of the molecule is Cc1ccc2c(c1)c1c(n2-c2ccc(S(N)(=O)=O)cc2)CN(C)CC1. The predicted octanol–water partition coefficient (Wildman–Crippen LogP) is 2.57. The van der Waals surface area contributed by atoms with Gasteiger partial charge in [-0.3, -0.25) is 0 Å². The first-order valence-electron chi connectivity index (χ1n) is 8.29. The van der Waals surface area contributed by atoms with E-state index in [9.17, 15) is 8.42 Å². The van der Waals surface area contributed by atoms with Gasteiger partial charge in [-0.05, 0) is 62.4 Å². The van der Waals surface area contributed by atoms with Crippen LogP contribution in [0.15, 0.2) is 47.4 Å². The summed E-state index contributed by atoms with van der Waals surface area (Å²) in [7, 11) is -1.55. The molecule has 0 saturated carbocycles. The van der Waals surface area contributed by atoms with Crippen LogP contribution >= 0.6 is 0 Å². The molecule has 1 aliphatic heterocycles. The number of nitrogens with zero attached hydrogens (tertiary/aromatic N) is 2. The molecule has 0 radical (unpaired) electrons. The Morgan fingerprint density at radius 2 is 1.80 bits per heavy atom. The van der Waals surface area contributed by atoms with Gasteiger partial charge in [-0.25, -0.2) is 13.6 Å². The summed E-state index contributed by atoms with van der Waals surface area (Å²) in [6.07, 6.45) is 1.02. The van der Waals surface area contributed by atoms with Crippen LogP contribution in [0.25, 0.3) is 16.6 Å². The molecule has 0 unspecified atom stereocenters. The van der Waals surface area contributed by atoms with E-state index < -0.39 is 10.0 Å². The standard InChI is InChI=1S/C19H21N3O2S/c1-13-3-8-18-17(11-13)16-9-10-21(2)12-19(16)22(18)14-4-6-15(7-5-14)25(20,23)24/h3-8,11H,9-10,12H2,1-2H3,(H2,20,23,24). The smallest absolute Gasteiger partial charge is 0.238 e. The molecule has 130 valence electrons. The third-order valence-electron chi connectivity index (χ3n) is 4.92. The van der Waals surface area contributed by atoms with Crippen LogP contribution in [-0.2, 0) is 23.0 Å². The molecule has 0 amide bonds. The maximum atomic E-state index is 11.5. The van der Waals surface area contributed by atoms with Gasteiger partial charge in [0.15, 0.2) is 0 Å². The zero-order valence-corrected chi connectivity index (χ0v) is 15.2. The van der Waals surface area contributed by atoms with Crippen LogP contribution in [-0.4, -0.2) is 31.5 Å². The summed E-state index contributed by atoms with van der Waals surface area (Å²) in [5.41, 5.74) is 6.04. The largest absolute Gasteiger partial charge is 0.312 e. The summed E-state index contributed by atoms with van der Waals surface area (Å²) in [4.78, 5) is 2.44. The van der Waals surface area contributed by atoms with E-state index in [2.05, 4.69) is 41.6 Å². The van der Waals surface area contributed by atoms with Crippen LogP contribution in [0.5, 0.6) is 0 Å². The molecule has 2 N–H and O–H groups in total. The van der Waals surface area contributed by atoms with Crippen molar-refractivity contribution >= 4 is 20.9 Å². The Morgan fingerprint density at radius 1 is 1.08 bits per heavy atom. The van der Waals surface area contributed by atoms with Gasteiger partial charge in [-0.15, -0.1) is 0 Å². The van der Waals surface area contributed by atoms with Gasteiger partial charge >= 0.3 is 0 Å². The Hall–Kier alpha value is -2.15. The monoisotopic (exact) mass is 355 g/mol. The van der Waals surface area contributed by atoms with Crippen molar-refractivity contribution in [3.63, 3.8) is 0 Å². The third kappa shape index (κ3) is 2.76. The molecule has 5 nitrogen and oxygen atoms in total. The van der Waals surface area contributed by atoms with E-state index in [1.807, 2.05) is 12.1 Å². The topological polar surface area (TPSA) is 68.3 Å².